The summed E-state index contributed by atoms with van der Waals surface area (Å²) in [6.07, 6.45) is 0.746. The molecule has 0 unspecified atom stereocenters. The fraction of sp³-hybridized carbons (Fsp3) is 0.600. The molecule has 1 N–H and O–H groups in total. The van der Waals surface area contributed by atoms with Gasteiger partial charge in [-0.05, 0) is 44.9 Å². The summed E-state index contributed by atoms with van der Waals surface area (Å²) in [6, 6.07) is 7.89. The van der Waals surface area contributed by atoms with Crippen molar-refractivity contribution in [3.05, 3.63) is 34.9 Å². The molecule has 0 spiro atoms. The van der Waals surface area contributed by atoms with Crippen LogP contribution in [0.2, 0.25) is 5.02 Å². The molecular weight excluding hydrogens is 366 g/mol. The second-order valence-electron chi connectivity index (χ2n) is 7.82. The molecule has 1 fully saturated rings. The molecule has 0 bridgehead atoms. The van der Waals surface area contributed by atoms with E-state index in [0.29, 0.717) is 13.1 Å². The summed E-state index contributed by atoms with van der Waals surface area (Å²) in [5.41, 5.74) is 0.688. The highest BCUT2D eigenvalue weighted by atomic mass is 35.5. The van der Waals surface area contributed by atoms with Crippen LogP contribution in [0.4, 0.5) is 4.79 Å². The fourth-order valence-corrected chi connectivity index (χ4v) is 3.10. The summed E-state index contributed by atoms with van der Waals surface area (Å²) in [4.78, 5) is 28.3. The second kappa shape index (κ2) is 9.95. The second-order valence-corrected chi connectivity index (χ2v) is 8.25. The largest absolute Gasteiger partial charge is 0.444 e. The lowest BCUT2D eigenvalue weighted by Crippen LogP contribution is -2.38. The molecular formula is C20H30ClN3O3. The first-order chi connectivity index (χ1) is 12.7. The number of alkyl carbamates (subject to hydrolysis) is 1. The van der Waals surface area contributed by atoms with Gasteiger partial charge in [-0.2, -0.15) is 0 Å². The van der Waals surface area contributed by atoms with E-state index in [0.717, 1.165) is 37.6 Å². The highest BCUT2D eigenvalue weighted by Gasteiger charge is 2.20. The third-order valence-corrected chi connectivity index (χ3v) is 4.52. The average Bonchev–Trinajstić information content (AvgIpc) is 2.81. The van der Waals surface area contributed by atoms with E-state index in [2.05, 4.69) is 10.2 Å². The van der Waals surface area contributed by atoms with Gasteiger partial charge in [-0.15, -0.1) is 0 Å². The summed E-state index contributed by atoms with van der Waals surface area (Å²) in [5, 5.41) is 3.38. The van der Waals surface area contributed by atoms with Crippen LogP contribution in [0.25, 0.3) is 0 Å². The minimum Gasteiger partial charge on any atom is -0.444 e. The van der Waals surface area contributed by atoms with Crippen LogP contribution in [-0.4, -0.2) is 60.1 Å². The topological polar surface area (TPSA) is 61.9 Å². The normalized spacial score (nSPS) is 15.9. The molecule has 0 radical (unpaired) electrons. The van der Waals surface area contributed by atoms with Crippen LogP contribution >= 0.6 is 11.6 Å². The van der Waals surface area contributed by atoms with Crippen LogP contribution in [0, 0.1) is 0 Å². The number of carbonyl (C=O) groups excluding carboxylic acids is 2. The molecule has 0 aromatic heterocycles. The number of nitrogens with zero attached hydrogens (tertiary/aromatic N) is 2. The van der Waals surface area contributed by atoms with Gasteiger partial charge in [0.05, 0.1) is 0 Å². The minimum absolute atomic E-state index is 0.0689. The molecule has 7 heteroatoms. The molecule has 1 aromatic carbocycles. The Morgan fingerprint density at radius 2 is 1.81 bits per heavy atom. The minimum atomic E-state index is -0.535. The Balaban J connectivity index is 1.72. The molecule has 6 nitrogen and oxygen atoms in total. The maximum absolute atomic E-state index is 12.4. The van der Waals surface area contributed by atoms with Crippen molar-refractivity contribution in [1.29, 1.82) is 0 Å². The summed E-state index contributed by atoms with van der Waals surface area (Å²) in [6.45, 7) is 9.84. The molecule has 0 atom stereocenters. The Labute approximate surface area is 166 Å². The third-order valence-electron chi connectivity index (χ3n) is 4.27. The highest BCUT2D eigenvalue weighted by molar-refractivity contribution is 6.30. The SMILES string of the molecule is CC(C)(C)OC(=O)NCCC(=O)N1CCCN(Cc2ccc(Cl)cc2)CC1. The molecule has 27 heavy (non-hydrogen) atoms. The Kier molecular flexibility index (Phi) is 7.92. The van der Waals surface area contributed by atoms with Gasteiger partial charge in [0.1, 0.15) is 5.60 Å². The number of amides is 2. The number of carbonyl (C=O) groups is 2. The third kappa shape index (κ3) is 8.18. The number of rotatable bonds is 5. The first kappa shape index (κ1) is 21.5. The van der Waals surface area contributed by atoms with Crippen molar-refractivity contribution >= 4 is 23.6 Å². The molecule has 2 rings (SSSR count). The summed E-state index contributed by atoms with van der Waals surface area (Å²) in [7, 11) is 0. The molecule has 1 aromatic rings. The summed E-state index contributed by atoms with van der Waals surface area (Å²) >= 11 is 5.94. The number of hydrogen-bond donors (Lipinski definition) is 1. The van der Waals surface area contributed by atoms with Gasteiger partial charge in [-0.1, -0.05) is 23.7 Å². The van der Waals surface area contributed by atoms with E-state index in [4.69, 9.17) is 16.3 Å². The molecule has 1 heterocycles. The van der Waals surface area contributed by atoms with E-state index in [9.17, 15) is 9.59 Å². The molecule has 150 valence electrons. The lowest BCUT2D eigenvalue weighted by molar-refractivity contribution is -0.130. The van der Waals surface area contributed by atoms with Crippen molar-refractivity contribution in [3.63, 3.8) is 0 Å². The standard InChI is InChI=1S/C20H30ClN3O3/c1-20(2,3)27-19(26)22-10-9-18(25)24-12-4-11-23(13-14-24)15-16-5-7-17(21)8-6-16/h5-8H,4,9-15H2,1-3H3,(H,22,26). The summed E-state index contributed by atoms with van der Waals surface area (Å²) in [5.74, 6) is 0.0689. The zero-order valence-electron chi connectivity index (χ0n) is 16.5. The van der Waals surface area contributed by atoms with E-state index in [1.807, 2.05) is 49.9 Å². The maximum atomic E-state index is 12.4. The van der Waals surface area contributed by atoms with E-state index < -0.39 is 11.7 Å². The molecule has 0 saturated carbocycles. The Hall–Kier alpha value is -1.79. The van der Waals surface area contributed by atoms with Crippen LogP contribution in [0.3, 0.4) is 0 Å². The number of ether oxygens (including phenoxy) is 1. The monoisotopic (exact) mass is 395 g/mol. The fourth-order valence-electron chi connectivity index (χ4n) is 2.97. The predicted molar refractivity (Wildman–Crippen MR) is 107 cm³/mol. The van der Waals surface area contributed by atoms with E-state index >= 15 is 0 Å². The number of hydrogen-bond acceptors (Lipinski definition) is 4. The lowest BCUT2D eigenvalue weighted by Gasteiger charge is -2.23. The molecule has 2 amide bonds. The van der Waals surface area contributed by atoms with E-state index in [1.54, 1.807) is 0 Å². The van der Waals surface area contributed by atoms with Crippen molar-refractivity contribution in [1.82, 2.24) is 15.1 Å². The lowest BCUT2D eigenvalue weighted by atomic mass is 10.2. The quantitative estimate of drug-likeness (QED) is 0.831. The Bertz CT molecular complexity index is 628. The Morgan fingerprint density at radius 1 is 1.11 bits per heavy atom. The van der Waals surface area contributed by atoms with Gasteiger partial charge in [-0.25, -0.2) is 4.79 Å². The average molecular weight is 396 g/mol. The van der Waals surface area contributed by atoms with Crippen molar-refractivity contribution in [2.75, 3.05) is 32.7 Å². The highest BCUT2D eigenvalue weighted by Crippen LogP contribution is 2.13. The van der Waals surface area contributed by atoms with Crippen molar-refractivity contribution in [3.8, 4) is 0 Å². The predicted octanol–water partition coefficient (Wildman–Crippen LogP) is 3.29. The first-order valence-electron chi connectivity index (χ1n) is 9.44. The van der Waals surface area contributed by atoms with Crippen molar-refractivity contribution in [2.24, 2.45) is 0 Å². The maximum Gasteiger partial charge on any atom is 0.407 e. The van der Waals surface area contributed by atoms with Gasteiger partial charge >= 0.3 is 6.09 Å². The summed E-state index contributed by atoms with van der Waals surface area (Å²) < 4.78 is 5.17. The van der Waals surface area contributed by atoms with Crippen LogP contribution in [0.15, 0.2) is 24.3 Å². The first-order valence-corrected chi connectivity index (χ1v) is 9.82. The molecule has 1 saturated heterocycles. The zero-order valence-corrected chi connectivity index (χ0v) is 17.2. The number of halogens is 1. The zero-order chi connectivity index (χ0) is 19.9. The molecule has 1 aliphatic heterocycles. The smallest absolute Gasteiger partial charge is 0.407 e. The van der Waals surface area contributed by atoms with Gasteiger partial charge in [0, 0.05) is 50.7 Å². The van der Waals surface area contributed by atoms with E-state index in [1.165, 1.54) is 5.56 Å². The van der Waals surface area contributed by atoms with Gasteiger partial charge in [0.15, 0.2) is 0 Å². The molecule has 1 aliphatic rings. The van der Waals surface area contributed by atoms with Crippen molar-refractivity contribution in [2.45, 2.75) is 45.8 Å². The number of nitrogens with one attached hydrogen (secondary N) is 1. The number of benzene rings is 1. The molecule has 0 aliphatic carbocycles. The van der Waals surface area contributed by atoms with E-state index in [-0.39, 0.29) is 12.3 Å². The van der Waals surface area contributed by atoms with Crippen LogP contribution in [-0.2, 0) is 16.1 Å². The van der Waals surface area contributed by atoms with Gasteiger partial charge in [-0.3, -0.25) is 9.69 Å². The Morgan fingerprint density at radius 3 is 2.48 bits per heavy atom. The van der Waals surface area contributed by atoms with Crippen LogP contribution < -0.4 is 5.32 Å². The van der Waals surface area contributed by atoms with Gasteiger partial charge in [0.25, 0.3) is 0 Å². The van der Waals surface area contributed by atoms with Gasteiger partial charge < -0.3 is 15.0 Å². The van der Waals surface area contributed by atoms with Gasteiger partial charge in [0.2, 0.25) is 5.91 Å². The van der Waals surface area contributed by atoms with Crippen LogP contribution in [0.1, 0.15) is 39.2 Å². The van der Waals surface area contributed by atoms with Crippen LogP contribution in [0.5, 0.6) is 0 Å². The van der Waals surface area contributed by atoms with Crippen molar-refractivity contribution < 1.29 is 14.3 Å².